The summed E-state index contributed by atoms with van der Waals surface area (Å²) in [4.78, 5) is 16.4. The third kappa shape index (κ3) is 4.72. The van der Waals surface area contributed by atoms with Gasteiger partial charge in [-0.1, -0.05) is 23.7 Å². The maximum absolute atomic E-state index is 13.7. The maximum atomic E-state index is 13.7. The third-order valence-electron chi connectivity index (χ3n) is 5.32. The normalized spacial score (nSPS) is 13.7. The van der Waals surface area contributed by atoms with Crippen molar-refractivity contribution in [2.24, 2.45) is 0 Å². The smallest absolute Gasteiger partial charge is 0.227 e. The lowest BCUT2D eigenvalue weighted by Crippen LogP contribution is -2.26. The van der Waals surface area contributed by atoms with E-state index >= 15 is 0 Å². The van der Waals surface area contributed by atoms with Gasteiger partial charge in [0.2, 0.25) is 17.6 Å². The molecular weight excluding hydrogens is 387 g/mol. The van der Waals surface area contributed by atoms with Gasteiger partial charge in [-0.3, -0.25) is 4.79 Å². The number of fused-ring (bicyclic) bond motifs is 1. The van der Waals surface area contributed by atoms with Crippen LogP contribution in [0.25, 0.3) is 11.4 Å². The summed E-state index contributed by atoms with van der Waals surface area (Å²) in [7, 11) is 0. The van der Waals surface area contributed by atoms with Crippen LogP contribution < -0.4 is 5.32 Å². The van der Waals surface area contributed by atoms with Gasteiger partial charge in [0.05, 0.1) is 0 Å². The van der Waals surface area contributed by atoms with E-state index in [0.29, 0.717) is 42.2 Å². The van der Waals surface area contributed by atoms with E-state index in [-0.39, 0.29) is 18.1 Å². The summed E-state index contributed by atoms with van der Waals surface area (Å²) in [6.45, 7) is 3.16. The molecule has 0 spiro atoms. The number of halogens is 1. The number of carbonyl (C=O) groups excluding carboxylic acids is 1. The van der Waals surface area contributed by atoms with Crippen molar-refractivity contribution in [3.8, 4) is 11.4 Å². The van der Waals surface area contributed by atoms with Crippen LogP contribution in [0.4, 0.5) is 4.39 Å². The molecule has 1 aliphatic heterocycles. The van der Waals surface area contributed by atoms with Gasteiger partial charge in [0.15, 0.2) is 0 Å². The van der Waals surface area contributed by atoms with Crippen LogP contribution in [0.3, 0.4) is 0 Å². The highest BCUT2D eigenvalue weighted by atomic mass is 19.1. The van der Waals surface area contributed by atoms with E-state index in [1.807, 2.05) is 0 Å². The first-order valence-corrected chi connectivity index (χ1v) is 10.4. The molecule has 0 radical (unpaired) electrons. The Balaban J connectivity index is 1.24. The van der Waals surface area contributed by atoms with E-state index in [9.17, 15) is 9.18 Å². The number of aromatic nitrogens is 5. The van der Waals surface area contributed by atoms with E-state index in [0.717, 1.165) is 37.5 Å². The zero-order valence-corrected chi connectivity index (χ0v) is 17.0. The highest BCUT2D eigenvalue weighted by Crippen LogP contribution is 2.19. The second-order valence-electron chi connectivity index (χ2n) is 7.57. The van der Waals surface area contributed by atoms with E-state index in [1.165, 1.54) is 12.5 Å². The number of amides is 1. The van der Waals surface area contributed by atoms with Crippen LogP contribution in [-0.2, 0) is 30.6 Å². The fourth-order valence-electron chi connectivity index (χ4n) is 3.56. The molecule has 2 aromatic heterocycles. The minimum Gasteiger partial charge on any atom is -0.356 e. The van der Waals surface area contributed by atoms with Crippen molar-refractivity contribution in [1.82, 2.24) is 30.2 Å². The molecule has 30 heavy (non-hydrogen) atoms. The Morgan fingerprint density at radius 1 is 1.23 bits per heavy atom. The SMILES string of the molecule is Cc1ccc(-c2noc(CCC(=O)NCCc3nnc4n3CCCCC4)n2)cc1F. The Hall–Kier alpha value is -3.10. The Morgan fingerprint density at radius 2 is 2.13 bits per heavy atom. The van der Waals surface area contributed by atoms with Crippen LogP contribution in [0.1, 0.15) is 48.8 Å². The molecule has 0 saturated heterocycles. The Bertz CT molecular complexity index is 1030. The fraction of sp³-hybridized carbons (Fsp3) is 0.476. The number of nitrogens with one attached hydrogen (secondary N) is 1. The fourth-order valence-corrected chi connectivity index (χ4v) is 3.56. The number of aryl methyl sites for hydroxylation is 3. The van der Waals surface area contributed by atoms with E-state index in [2.05, 4.69) is 30.2 Å². The van der Waals surface area contributed by atoms with Crippen molar-refractivity contribution in [3.63, 3.8) is 0 Å². The number of benzene rings is 1. The Kier molecular flexibility index (Phi) is 6.15. The molecule has 158 valence electrons. The van der Waals surface area contributed by atoms with Gasteiger partial charge in [-0.25, -0.2) is 4.39 Å². The molecule has 1 N–H and O–H groups in total. The maximum Gasteiger partial charge on any atom is 0.227 e. The first kappa shape index (κ1) is 20.2. The Morgan fingerprint density at radius 3 is 3.00 bits per heavy atom. The van der Waals surface area contributed by atoms with Crippen LogP contribution in [0, 0.1) is 12.7 Å². The number of nitrogens with zero attached hydrogens (tertiary/aromatic N) is 5. The largest absolute Gasteiger partial charge is 0.356 e. The van der Waals surface area contributed by atoms with Crippen molar-refractivity contribution in [2.45, 2.75) is 58.4 Å². The average Bonchev–Trinajstić information content (AvgIpc) is 3.29. The summed E-state index contributed by atoms with van der Waals surface area (Å²) in [5.41, 5.74) is 1.10. The van der Waals surface area contributed by atoms with Gasteiger partial charge in [0, 0.05) is 44.3 Å². The molecule has 8 nitrogen and oxygen atoms in total. The van der Waals surface area contributed by atoms with Gasteiger partial charge in [0.25, 0.3) is 0 Å². The molecule has 0 atom stereocenters. The Labute approximate surface area is 173 Å². The molecule has 3 heterocycles. The summed E-state index contributed by atoms with van der Waals surface area (Å²) < 4.78 is 21.1. The molecule has 9 heteroatoms. The molecule has 0 saturated carbocycles. The molecule has 1 aromatic carbocycles. The zero-order chi connectivity index (χ0) is 20.9. The number of carbonyl (C=O) groups is 1. The molecule has 0 unspecified atom stereocenters. The topological polar surface area (TPSA) is 98.7 Å². The van der Waals surface area contributed by atoms with Gasteiger partial charge in [0.1, 0.15) is 17.5 Å². The number of hydrogen-bond donors (Lipinski definition) is 1. The lowest BCUT2D eigenvalue weighted by Gasteiger charge is -2.07. The van der Waals surface area contributed by atoms with Crippen molar-refractivity contribution >= 4 is 5.91 Å². The van der Waals surface area contributed by atoms with E-state index < -0.39 is 0 Å². The predicted octanol–water partition coefficient (Wildman–Crippen LogP) is 2.79. The van der Waals surface area contributed by atoms with Crippen LogP contribution in [0.5, 0.6) is 0 Å². The molecule has 0 bridgehead atoms. The van der Waals surface area contributed by atoms with Gasteiger partial charge in [-0.15, -0.1) is 10.2 Å². The highest BCUT2D eigenvalue weighted by molar-refractivity contribution is 5.76. The van der Waals surface area contributed by atoms with Gasteiger partial charge < -0.3 is 14.4 Å². The molecule has 0 aliphatic carbocycles. The van der Waals surface area contributed by atoms with Gasteiger partial charge >= 0.3 is 0 Å². The predicted molar refractivity (Wildman–Crippen MR) is 107 cm³/mol. The monoisotopic (exact) mass is 412 g/mol. The van der Waals surface area contributed by atoms with E-state index in [1.54, 1.807) is 19.1 Å². The summed E-state index contributed by atoms with van der Waals surface area (Å²) >= 11 is 0. The molecule has 1 aliphatic rings. The van der Waals surface area contributed by atoms with Crippen molar-refractivity contribution in [3.05, 3.63) is 47.1 Å². The lowest BCUT2D eigenvalue weighted by atomic mass is 10.1. The summed E-state index contributed by atoms with van der Waals surface area (Å²) in [5.74, 6) is 2.24. The first-order chi connectivity index (χ1) is 14.6. The van der Waals surface area contributed by atoms with Crippen LogP contribution in [0.15, 0.2) is 22.7 Å². The highest BCUT2D eigenvalue weighted by Gasteiger charge is 2.15. The molecule has 4 rings (SSSR count). The third-order valence-corrected chi connectivity index (χ3v) is 5.32. The van der Waals surface area contributed by atoms with Crippen LogP contribution >= 0.6 is 0 Å². The average molecular weight is 412 g/mol. The van der Waals surface area contributed by atoms with Crippen molar-refractivity contribution in [2.75, 3.05) is 6.54 Å². The van der Waals surface area contributed by atoms with Crippen LogP contribution in [-0.4, -0.2) is 37.4 Å². The standard InChI is InChI=1S/C21H25FN6O2/c1-14-6-7-15(13-16(14)22)21-24-20(30-27-21)9-8-19(29)23-11-10-18-26-25-17-5-3-2-4-12-28(17)18/h6-7,13H,2-5,8-12H2,1H3,(H,23,29). The molecule has 1 amide bonds. The van der Waals surface area contributed by atoms with Gasteiger partial charge in [-0.05, 0) is 31.4 Å². The van der Waals surface area contributed by atoms with Crippen LogP contribution in [0.2, 0.25) is 0 Å². The first-order valence-electron chi connectivity index (χ1n) is 10.4. The minimum absolute atomic E-state index is 0.0910. The second kappa shape index (κ2) is 9.15. The number of rotatable bonds is 7. The molecular formula is C21H25FN6O2. The summed E-state index contributed by atoms with van der Waals surface area (Å²) in [6.07, 6.45) is 5.71. The summed E-state index contributed by atoms with van der Waals surface area (Å²) in [5, 5.41) is 15.3. The minimum atomic E-state index is -0.317. The summed E-state index contributed by atoms with van der Waals surface area (Å²) in [6, 6.07) is 4.79. The molecule has 0 fully saturated rings. The number of hydrogen-bond acceptors (Lipinski definition) is 6. The van der Waals surface area contributed by atoms with Crippen molar-refractivity contribution < 1.29 is 13.7 Å². The van der Waals surface area contributed by atoms with Crippen molar-refractivity contribution in [1.29, 1.82) is 0 Å². The lowest BCUT2D eigenvalue weighted by molar-refractivity contribution is -0.121. The second-order valence-corrected chi connectivity index (χ2v) is 7.57. The molecule has 3 aromatic rings. The van der Waals surface area contributed by atoms with Gasteiger partial charge in [-0.2, -0.15) is 4.98 Å². The van der Waals surface area contributed by atoms with E-state index in [4.69, 9.17) is 4.52 Å². The zero-order valence-electron chi connectivity index (χ0n) is 17.0. The quantitative estimate of drug-likeness (QED) is 0.641.